The molecule has 4 aliphatic carbocycles. The molecule has 4 fully saturated rings. The van der Waals surface area contributed by atoms with E-state index in [0.29, 0.717) is 34.0 Å². The summed E-state index contributed by atoms with van der Waals surface area (Å²) in [5.41, 5.74) is 1.62. The van der Waals surface area contributed by atoms with Gasteiger partial charge in [-0.2, -0.15) is 0 Å². The van der Waals surface area contributed by atoms with Crippen molar-refractivity contribution in [1.82, 2.24) is 5.32 Å². The van der Waals surface area contributed by atoms with Crippen LogP contribution in [0.4, 0.5) is 5.69 Å². The van der Waals surface area contributed by atoms with Gasteiger partial charge >= 0.3 is 0 Å². The second kappa shape index (κ2) is 9.48. The molecule has 7 rings (SSSR count). The van der Waals surface area contributed by atoms with Gasteiger partial charge in [0, 0.05) is 16.1 Å². The van der Waals surface area contributed by atoms with Crippen molar-refractivity contribution in [3.05, 3.63) is 95.0 Å². The molecule has 0 heterocycles. The third-order valence-electron chi connectivity index (χ3n) is 8.38. The first-order valence-corrected chi connectivity index (χ1v) is 14.9. The molecule has 3 aromatic carbocycles. The van der Waals surface area contributed by atoms with Crippen LogP contribution in [0.2, 0.25) is 5.02 Å². The normalized spacial score (nSPS) is 26.1. The first kappa shape index (κ1) is 24.5. The molecule has 0 radical (unpaired) electrons. The van der Waals surface area contributed by atoms with Gasteiger partial charge in [-0.25, -0.2) is 8.42 Å². The molecule has 4 bridgehead atoms. The van der Waals surface area contributed by atoms with Crippen molar-refractivity contribution in [2.24, 2.45) is 17.8 Å². The van der Waals surface area contributed by atoms with Gasteiger partial charge in [-0.1, -0.05) is 48.0 Å². The van der Waals surface area contributed by atoms with E-state index >= 15 is 0 Å². The number of sulfonamides is 1. The smallest absolute Gasteiger partial charge is 0.264 e. The standard InChI is InChI=1S/C30H31ClN2O3S/c31-26-9-11-27(12-10-26)33(20-21-5-2-1-3-6-21)37(35,36)28-8-4-7-25(16-28)29(34)32-30-17-22-13-23(18-30)15-24(14-22)19-30/h1-12,16,22-24H,13-15,17-20H2,(H,32,34). The average Bonchev–Trinajstić information content (AvgIpc) is 2.87. The second-order valence-electron chi connectivity index (χ2n) is 11.2. The number of hydrogen-bond donors (Lipinski definition) is 1. The van der Waals surface area contributed by atoms with E-state index in [2.05, 4.69) is 5.32 Å². The molecule has 5 nitrogen and oxygen atoms in total. The van der Waals surface area contributed by atoms with E-state index in [9.17, 15) is 13.2 Å². The number of nitrogens with zero attached hydrogens (tertiary/aromatic N) is 1. The zero-order valence-corrected chi connectivity index (χ0v) is 22.2. The number of carbonyl (C=O) groups excluding carboxylic acids is 1. The van der Waals surface area contributed by atoms with Crippen LogP contribution in [-0.4, -0.2) is 19.9 Å². The van der Waals surface area contributed by atoms with Gasteiger partial charge in [0.05, 0.1) is 17.1 Å². The predicted octanol–water partition coefficient (Wildman–Crippen LogP) is 6.43. The molecule has 0 atom stereocenters. The van der Waals surface area contributed by atoms with Crippen LogP contribution in [0.5, 0.6) is 0 Å². The Hall–Kier alpha value is -2.83. The molecule has 1 amide bonds. The van der Waals surface area contributed by atoms with Crippen molar-refractivity contribution in [3.63, 3.8) is 0 Å². The topological polar surface area (TPSA) is 66.5 Å². The quantitative estimate of drug-likeness (QED) is 0.379. The third kappa shape index (κ3) is 4.89. The number of carbonyl (C=O) groups is 1. The fraction of sp³-hybridized carbons (Fsp3) is 0.367. The maximum atomic E-state index is 14.0. The van der Waals surface area contributed by atoms with E-state index in [1.165, 1.54) is 29.6 Å². The van der Waals surface area contributed by atoms with E-state index in [-0.39, 0.29) is 22.9 Å². The maximum absolute atomic E-state index is 14.0. The molecule has 0 aliphatic heterocycles. The maximum Gasteiger partial charge on any atom is 0.264 e. The Morgan fingerprint density at radius 3 is 2.11 bits per heavy atom. The van der Waals surface area contributed by atoms with E-state index in [1.807, 2.05) is 30.3 Å². The van der Waals surface area contributed by atoms with Crippen molar-refractivity contribution in [1.29, 1.82) is 0 Å². The zero-order chi connectivity index (χ0) is 25.6. The van der Waals surface area contributed by atoms with Crippen molar-refractivity contribution in [3.8, 4) is 0 Å². The summed E-state index contributed by atoms with van der Waals surface area (Å²) >= 11 is 6.08. The molecule has 0 aromatic heterocycles. The summed E-state index contributed by atoms with van der Waals surface area (Å²) in [7, 11) is -3.96. The third-order valence-corrected chi connectivity index (χ3v) is 10.4. The molecular weight excluding hydrogens is 504 g/mol. The summed E-state index contributed by atoms with van der Waals surface area (Å²) < 4.78 is 29.3. The Kier molecular flexibility index (Phi) is 6.28. The van der Waals surface area contributed by atoms with E-state index < -0.39 is 10.0 Å². The van der Waals surface area contributed by atoms with E-state index in [0.717, 1.165) is 24.8 Å². The molecule has 7 heteroatoms. The highest BCUT2D eigenvalue weighted by atomic mass is 35.5. The van der Waals surface area contributed by atoms with Gasteiger partial charge in [0.25, 0.3) is 15.9 Å². The zero-order valence-electron chi connectivity index (χ0n) is 20.6. The largest absolute Gasteiger partial charge is 0.347 e. The van der Waals surface area contributed by atoms with Crippen LogP contribution in [0.1, 0.15) is 54.4 Å². The lowest BCUT2D eigenvalue weighted by Crippen LogP contribution is -2.59. The second-order valence-corrected chi connectivity index (χ2v) is 13.5. The van der Waals surface area contributed by atoms with Gasteiger partial charge in [0.2, 0.25) is 0 Å². The SMILES string of the molecule is O=C(NC12CC3CC(CC(C3)C1)C2)c1cccc(S(=O)(=O)N(Cc2ccccc2)c2ccc(Cl)cc2)c1. The molecule has 3 aromatic rings. The minimum Gasteiger partial charge on any atom is -0.347 e. The highest BCUT2D eigenvalue weighted by Crippen LogP contribution is 2.55. The molecule has 192 valence electrons. The molecule has 1 N–H and O–H groups in total. The Bertz CT molecular complexity index is 1370. The molecule has 37 heavy (non-hydrogen) atoms. The Labute approximate surface area is 223 Å². The molecule has 0 saturated heterocycles. The highest BCUT2D eigenvalue weighted by molar-refractivity contribution is 7.92. The van der Waals surface area contributed by atoms with Crippen LogP contribution in [0.3, 0.4) is 0 Å². The van der Waals surface area contributed by atoms with Gasteiger partial charge in [0.15, 0.2) is 0 Å². The fourth-order valence-electron chi connectivity index (χ4n) is 7.17. The number of nitrogens with one attached hydrogen (secondary N) is 1. The molecule has 4 saturated carbocycles. The minimum atomic E-state index is -3.96. The number of amides is 1. The Morgan fingerprint density at radius 1 is 0.865 bits per heavy atom. The van der Waals surface area contributed by atoms with Crippen LogP contribution in [0.15, 0.2) is 83.8 Å². The summed E-state index contributed by atoms with van der Waals surface area (Å²) in [4.78, 5) is 13.5. The number of hydrogen-bond acceptors (Lipinski definition) is 3. The van der Waals surface area contributed by atoms with Crippen LogP contribution in [-0.2, 0) is 16.6 Å². The summed E-state index contributed by atoms with van der Waals surface area (Å²) in [6.07, 6.45) is 7.03. The number of halogens is 1. The van der Waals surface area contributed by atoms with Crippen molar-refractivity contribution >= 4 is 33.2 Å². The number of anilines is 1. The fourth-order valence-corrected chi connectivity index (χ4v) is 8.80. The number of benzene rings is 3. The summed E-state index contributed by atoms with van der Waals surface area (Å²) in [5.74, 6) is 1.96. The minimum absolute atomic E-state index is 0.0940. The summed E-state index contributed by atoms with van der Waals surface area (Å²) in [5, 5.41) is 3.90. The summed E-state index contributed by atoms with van der Waals surface area (Å²) in [6, 6.07) is 22.7. The van der Waals surface area contributed by atoms with Crippen LogP contribution >= 0.6 is 11.6 Å². The monoisotopic (exact) mass is 534 g/mol. The van der Waals surface area contributed by atoms with Gasteiger partial charge in [-0.05, 0) is 104 Å². The van der Waals surface area contributed by atoms with Gasteiger partial charge in [-0.15, -0.1) is 0 Å². The van der Waals surface area contributed by atoms with Gasteiger partial charge in [-0.3, -0.25) is 9.10 Å². The summed E-state index contributed by atoms with van der Waals surface area (Å²) in [6.45, 7) is 0.161. The lowest BCUT2D eigenvalue weighted by atomic mass is 9.53. The lowest BCUT2D eigenvalue weighted by molar-refractivity contribution is -0.0167. The molecule has 4 aliphatic rings. The number of rotatable bonds is 7. The Morgan fingerprint density at radius 2 is 1.49 bits per heavy atom. The van der Waals surface area contributed by atoms with Crippen LogP contribution < -0.4 is 9.62 Å². The first-order valence-electron chi connectivity index (χ1n) is 13.0. The van der Waals surface area contributed by atoms with Gasteiger partial charge < -0.3 is 5.32 Å². The van der Waals surface area contributed by atoms with Crippen LogP contribution in [0.25, 0.3) is 0 Å². The first-order chi connectivity index (χ1) is 17.8. The lowest BCUT2D eigenvalue weighted by Gasteiger charge is -2.56. The highest BCUT2D eigenvalue weighted by Gasteiger charge is 2.51. The average molecular weight is 535 g/mol. The van der Waals surface area contributed by atoms with Crippen LogP contribution in [0, 0.1) is 17.8 Å². The molecular formula is C30H31ClN2O3S. The molecule has 0 unspecified atom stereocenters. The van der Waals surface area contributed by atoms with E-state index in [1.54, 1.807) is 42.5 Å². The van der Waals surface area contributed by atoms with Crippen molar-refractivity contribution in [2.45, 2.75) is 55.5 Å². The van der Waals surface area contributed by atoms with Crippen molar-refractivity contribution < 1.29 is 13.2 Å². The Balaban J connectivity index is 1.29. The predicted molar refractivity (Wildman–Crippen MR) is 146 cm³/mol. The van der Waals surface area contributed by atoms with E-state index in [4.69, 9.17) is 11.6 Å². The van der Waals surface area contributed by atoms with Crippen molar-refractivity contribution in [2.75, 3.05) is 4.31 Å². The van der Waals surface area contributed by atoms with Gasteiger partial charge in [0.1, 0.15) is 0 Å². The molecule has 0 spiro atoms.